The van der Waals surface area contributed by atoms with Crippen molar-refractivity contribution in [3.63, 3.8) is 0 Å². The van der Waals surface area contributed by atoms with Crippen LogP contribution in [0.1, 0.15) is 19.3 Å². The van der Waals surface area contributed by atoms with Crippen molar-refractivity contribution in [1.29, 1.82) is 0 Å². The zero-order chi connectivity index (χ0) is 8.06. The zero-order valence-corrected chi connectivity index (χ0v) is 7.62. The molecule has 2 fully saturated rings. The number of nitrogens with two attached hydrogens (primary N) is 1. The van der Waals surface area contributed by atoms with Crippen LogP contribution in [0.3, 0.4) is 0 Å². The Morgan fingerprint density at radius 3 is 2.25 bits per heavy atom. The highest BCUT2D eigenvalue weighted by Crippen LogP contribution is 2.56. The van der Waals surface area contributed by atoms with Gasteiger partial charge in [0, 0.05) is 12.8 Å². The van der Waals surface area contributed by atoms with Gasteiger partial charge in [0.2, 0.25) is 5.92 Å². The van der Waals surface area contributed by atoms with Crippen molar-refractivity contribution in [2.75, 3.05) is 6.54 Å². The summed E-state index contributed by atoms with van der Waals surface area (Å²) >= 11 is 0. The van der Waals surface area contributed by atoms with E-state index in [9.17, 15) is 8.78 Å². The highest BCUT2D eigenvalue weighted by Gasteiger charge is 2.54. The van der Waals surface area contributed by atoms with Crippen molar-refractivity contribution in [2.45, 2.75) is 25.2 Å². The maximum atomic E-state index is 12.4. The minimum absolute atomic E-state index is 0. The van der Waals surface area contributed by atoms with Gasteiger partial charge in [-0.3, -0.25) is 0 Å². The molecule has 2 N–H and O–H groups in total. The van der Waals surface area contributed by atoms with Crippen LogP contribution in [0, 0.1) is 17.8 Å². The van der Waals surface area contributed by atoms with Crippen molar-refractivity contribution >= 4 is 12.4 Å². The highest BCUT2D eigenvalue weighted by atomic mass is 35.5. The molecule has 0 saturated heterocycles. The normalized spacial score (nSPS) is 38.2. The monoisotopic (exact) mass is 197 g/mol. The van der Waals surface area contributed by atoms with Crippen molar-refractivity contribution < 1.29 is 8.78 Å². The largest absolute Gasteiger partial charge is 0.330 e. The third-order valence-electron chi connectivity index (χ3n) is 3.01. The van der Waals surface area contributed by atoms with Crippen LogP contribution in [0.5, 0.6) is 0 Å². The van der Waals surface area contributed by atoms with Crippen LogP contribution in [0.25, 0.3) is 0 Å². The van der Waals surface area contributed by atoms with Gasteiger partial charge in [0.05, 0.1) is 0 Å². The van der Waals surface area contributed by atoms with Crippen molar-refractivity contribution in [1.82, 2.24) is 0 Å². The fraction of sp³-hybridized carbons (Fsp3) is 1.00. The fourth-order valence-corrected chi connectivity index (χ4v) is 2.13. The SMILES string of the molecule is Cl.NC[C@@H]1C[C@H]1C1CC(F)(F)C1. The Morgan fingerprint density at radius 2 is 1.92 bits per heavy atom. The van der Waals surface area contributed by atoms with E-state index in [1.807, 2.05) is 0 Å². The summed E-state index contributed by atoms with van der Waals surface area (Å²) in [6, 6.07) is 0. The molecule has 0 aromatic heterocycles. The predicted octanol–water partition coefficient (Wildman–Crippen LogP) is 2.05. The van der Waals surface area contributed by atoms with E-state index in [1.54, 1.807) is 0 Å². The number of alkyl halides is 2. The van der Waals surface area contributed by atoms with Crippen LogP contribution in [-0.4, -0.2) is 12.5 Å². The molecule has 1 nitrogen and oxygen atoms in total. The van der Waals surface area contributed by atoms with Crippen LogP contribution in [0.15, 0.2) is 0 Å². The number of hydrogen-bond donors (Lipinski definition) is 1. The number of rotatable bonds is 2. The summed E-state index contributed by atoms with van der Waals surface area (Å²) in [5.74, 6) is -0.943. The molecule has 0 aliphatic heterocycles. The molecule has 0 unspecified atom stereocenters. The first-order valence-electron chi connectivity index (χ1n) is 4.20. The van der Waals surface area contributed by atoms with Crippen LogP contribution >= 0.6 is 12.4 Å². The maximum Gasteiger partial charge on any atom is 0.248 e. The second kappa shape index (κ2) is 3.11. The topological polar surface area (TPSA) is 26.0 Å². The van der Waals surface area contributed by atoms with E-state index in [-0.39, 0.29) is 25.2 Å². The smallest absolute Gasteiger partial charge is 0.248 e. The van der Waals surface area contributed by atoms with Gasteiger partial charge in [-0.15, -0.1) is 12.4 Å². The van der Waals surface area contributed by atoms with E-state index in [1.165, 1.54) is 0 Å². The Balaban J connectivity index is 0.000000720. The van der Waals surface area contributed by atoms with Crippen molar-refractivity contribution in [2.24, 2.45) is 23.5 Å². The second-order valence-corrected chi connectivity index (χ2v) is 3.92. The Morgan fingerprint density at radius 1 is 1.33 bits per heavy atom. The lowest BCUT2D eigenvalue weighted by atomic mass is 9.77. The fourth-order valence-electron chi connectivity index (χ4n) is 2.13. The third kappa shape index (κ3) is 1.72. The molecule has 2 rings (SSSR count). The summed E-state index contributed by atoms with van der Waals surface area (Å²) < 4.78 is 24.8. The quantitative estimate of drug-likeness (QED) is 0.721. The number of hydrogen-bond acceptors (Lipinski definition) is 1. The molecule has 2 atom stereocenters. The van der Waals surface area contributed by atoms with E-state index < -0.39 is 5.92 Å². The average molecular weight is 198 g/mol. The molecule has 0 bridgehead atoms. The standard InChI is InChI=1S/C8H13F2N.ClH/c9-8(10)2-6(3-8)7-1-5(7)4-11;/h5-7H,1-4,11H2;1H/t5-,7+;/m0./s1. The Kier molecular flexibility index (Phi) is 2.64. The van der Waals surface area contributed by atoms with Crippen LogP contribution in [0.2, 0.25) is 0 Å². The molecule has 4 heteroatoms. The van der Waals surface area contributed by atoms with Crippen LogP contribution < -0.4 is 5.73 Å². The highest BCUT2D eigenvalue weighted by molar-refractivity contribution is 5.85. The second-order valence-electron chi connectivity index (χ2n) is 3.92. The van der Waals surface area contributed by atoms with Crippen LogP contribution in [-0.2, 0) is 0 Å². The molecule has 2 saturated carbocycles. The Bertz CT molecular complexity index is 166. The van der Waals surface area contributed by atoms with E-state index >= 15 is 0 Å². The van der Waals surface area contributed by atoms with Gasteiger partial charge in [-0.05, 0) is 30.7 Å². The zero-order valence-electron chi connectivity index (χ0n) is 6.80. The first-order valence-corrected chi connectivity index (χ1v) is 4.20. The summed E-state index contributed by atoms with van der Waals surface area (Å²) in [7, 11) is 0. The molecule has 2 aliphatic carbocycles. The lowest BCUT2D eigenvalue weighted by molar-refractivity contribution is -0.117. The molecule has 0 spiro atoms. The Hall–Kier alpha value is 0.110. The van der Waals surface area contributed by atoms with Gasteiger partial charge in [-0.1, -0.05) is 0 Å². The molecular weight excluding hydrogens is 184 g/mol. The first-order chi connectivity index (χ1) is 5.12. The molecule has 2 aliphatic rings. The lowest BCUT2D eigenvalue weighted by Crippen LogP contribution is -2.37. The first kappa shape index (κ1) is 10.2. The molecular formula is C8H14ClF2N. The predicted molar refractivity (Wildman–Crippen MR) is 45.6 cm³/mol. The van der Waals surface area contributed by atoms with E-state index in [4.69, 9.17) is 5.73 Å². The summed E-state index contributed by atoms with van der Waals surface area (Å²) in [5, 5.41) is 0. The van der Waals surface area contributed by atoms with Gasteiger partial charge in [0.25, 0.3) is 0 Å². The summed E-state index contributed by atoms with van der Waals surface area (Å²) in [5.41, 5.74) is 5.42. The van der Waals surface area contributed by atoms with Crippen LogP contribution in [0.4, 0.5) is 8.78 Å². The third-order valence-corrected chi connectivity index (χ3v) is 3.01. The van der Waals surface area contributed by atoms with Crippen molar-refractivity contribution in [3.05, 3.63) is 0 Å². The van der Waals surface area contributed by atoms with Gasteiger partial charge in [-0.25, -0.2) is 8.78 Å². The Labute approximate surface area is 77.1 Å². The molecule has 0 heterocycles. The minimum atomic E-state index is -2.34. The van der Waals surface area contributed by atoms with Gasteiger partial charge in [0.1, 0.15) is 0 Å². The molecule has 0 aromatic carbocycles. The molecule has 0 aromatic rings. The molecule has 0 radical (unpaired) electrons. The van der Waals surface area contributed by atoms with Gasteiger partial charge in [-0.2, -0.15) is 0 Å². The van der Waals surface area contributed by atoms with Crippen molar-refractivity contribution in [3.8, 4) is 0 Å². The van der Waals surface area contributed by atoms with Gasteiger partial charge >= 0.3 is 0 Å². The van der Waals surface area contributed by atoms with E-state index in [0.717, 1.165) is 6.42 Å². The molecule has 12 heavy (non-hydrogen) atoms. The molecule has 72 valence electrons. The minimum Gasteiger partial charge on any atom is -0.330 e. The number of halogens is 3. The van der Waals surface area contributed by atoms with Gasteiger partial charge in [0.15, 0.2) is 0 Å². The van der Waals surface area contributed by atoms with E-state index in [2.05, 4.69) is 0 Å². The molecule has 0 amide bonds. The summed E-state index contributed by atoms with van der Waals surface area (Å²) in [4.78, 5) is 0. The average Bonchev–Trinajstić information content (AvgIpc) is 2.60. The summed E-state index contributed by atoms with van der Waals surface area (Å²) in [6.45, 7) is 0.687. The summed E-state index contributed by atoms with van der Waals surface area (Å²) in [6.07, 6.45) is 1.33. The lowest BCUT2D eigenvalue weighted by Gasteiger charge is -2.35. The van der Waals surface area contributed by atoms with Gasteiger partial charge < -0.3 is 5.73 Å². The maximum absolute atomic E-state index is 12.4. The van der Waals surface area contributed by atoms with E-state index in [0.29, 0.717) is 24.3 Å².